The van der Waals surface area contributed by atoms with Gasteiger partial charge in [0.1, 0.15) is 0 Å². The van der Waals surface area contributed by atoms with Gasteiger partial charge in [0, 0.05) is 5.03 Å². The quantitative estimate of drug-likeness (QED) is 0.582. The van der Waals surface area contributed by atoms with Crippen LogP contribution in [0.4, 0.5) is 0 Å². The van der Waals surface area contributed by atoms with Crippen LogP contribution in [0, 0.1) is 5.92 Å². The summed E-state index contributed by atoms with van der Waals surface area (Å²) in [5.41, 5.74) is 0. The van der Waals surface area contributed by atoms with Gasteiger partial charge in [0.15, 0.2) is 0 Å². The number of rotatable bonds is 5. The number of hydrogen-bond acceptors (Lipinski definition) is 0. The van der Waals surface area contributed by atoms with Gasteiger partial charge in [-0.05, 0) is 25.2 Å². The fourth-order valence-corrected chi connectivity index (χ4v) is 1.18. The molecule has 0 aromatic heterocycles. The Balaban J connectivity index is 3.45. The van der Waals surface area contributed by atoms with Crippen LogP contribution in [0.5, 0.6) is 0 Å². The van der Waals surface area contributed by atoms with E-state index in [4.69, 9.17) is 11.6 Å². The minimum atomic E-state index is 0.814. The second-order valence-corrected chi connectivity index (χ2v) is 3.60. The van der Waals surface area contributed by atoms with Crippen LogP contribution in [0.3, 0.4) is 0 Å². The Kier molecular flexibility index (Phi) is 6.74. The summed E-state index contributed by atoms with van der Waals surface area (Å²) >= 11 is 5.94. The molecule has 0 saturated heterocycles. The van der Waals surface area contributed by atoms with Gasteiger partial charge in [0.05, 0.1) is 0 Å². The van der Waals surface area contributed by atoms with E-state index in [2.05, 4.69) is 26.8 Å². The first-order chi connectivity index (χ1) is 5.20. The molecule has 0 aromatic rings. The molecule has 0 aliphatic carbocycles. The third kappa shape index (κ3) is 6.43. The van der Waals surface area contributed by atoms with E-state index in [0.29, 0.717) is 0 Å². The highest BCUT2D eigenvalue weighted by Crippen LogP contribution is 2.17. The van der Waals surface area contributed by atoms with Crippen LogP contribution in [-0.2, 0) is 0 Å². The maximum absolute atomic E-state index is 5.94. The maximum Gasteiger partial charge on any atom is 0.0141 e. The van der Waals surface area contributed by atoms with Crippen molar-refractivity contribution in [2.24, 2.45) is 5.92 Å². The lowest BCUT2D eigenvalue weighted by molar-refractivity contribution is 0.519. The third-order valence-corrected chi connectivity index (χ3v) is 2.34. The fraction of sp³-hybridized carbons (Fsp3) is 0.800. The van der Waals surface area contributed by atoms with Crippen molar-refractivity contribution in [1.82, 2.24) is 0 Å². The molecule has 1 unspecified atom stereocenters. The Morgan fingerprint density at radius 1 is 1.45 bits per heavy atom. The highest BCUT2D eigenvalue weighted by atomic mass is 35.5. The highest BCUT2D eigenvalue weighted by molar-refractivity contribution is 6.29. The van der Waals surface area contributed by atoms with E-state index in [0.717, 1.165) is 23.8 Å². The molecule has 0 N–H and O–H groups in total. The monoisotopic (exact) mass is 174 g/mol. The van der Waals surface area contributed by atoms with Crippen molar-refractivity contribution in [2.75, 3.05) is 0 Å². The van der Waals surface area contributed by atoms with Gasteiger partial charge >= 0.3 is 0 Å². The molecule has 0 radical (unpaired) electrons. The van der Waals surface area contributed by atoms with Crippen LogP contribution in [-0.4, -0.2) is 0 Å². The number of halogens is 1. The topological polar surface area (TPSA) is 0 Å². The predicted molar refractivity (Wildman–Crippen MR) is 52.9 cm³/mol. The number of allylic oxidation sites excluding steroid dienone is 2. The Morgan fingerprint density at radius 2 is 2.09 bits per heavy atom. The van der Waals surface area contributed by atoms with Crippen LogP contribution >= 0.6 is 11.6 Å². The maximum atomic E-state index is 5.94. The van der Waals surface area contributed by atoms with Gasteiger partial charge in [-0.25, -0.2) is 0 Å². The molecule has 0 fully saturated rings. The minimum Gasteiger partial charge on any atom is -0.0895 e. The van der Waals surface area contributed by atoms with E-state index in [9.17, 15) is 0 Å². The first kappa shape index (κ1) is 11.0. The first-order valence-electron chi connectivity index (χ1n) is 4.55. The average Bonchev–Trinajstić information content (AvgIpc) is 2.01. The summed E-state index contributed by atoms with van der Waals surface area (Å²) in [5, 5.41) is 1.04. The largest absolute Gasteiger partial charge is 0.0895 e. The van der Waals surface area contributed by atoms with Gasteiger partial charge in [0.25, 0.3) is 0 Å². The number of hydrogen-bond donors (Lipinski definition) is 0. The van der Waals surface area contributed by atoms with Gasteiger partial charge < -0.3 is 0 Å². The smallest absolute Gasteiger partial charge is 0.0141 e. The molecule has 11 heavy (non-hydrogen) atoms. The molecule has 0 aliphatic rings. The zero-order valence-corrected chi connectivity index (χ0v) is 8.62. The molecule has 0 spiro atoms. The van der Waals surface area contributed by atoms with Gasteiger partial charge in [-0.15, -0.1) is 0 Å². The second kappa shape index (κ2) is 6.72. The van der Waals surface area contributed by atoms with E-state index in [1.165, 1.54) is 12.8 Å². The predicted octanol–water partition coefficient (Wildman–Crippen LogP) is 4.35. The molecule has 0 aliphatic heterocycles. The first-order valence-corrected chi connectivity index (χ1v) is 4.93. The van der Waals surface area contributed by atoms with Crippen molar-refractivity contribution >= 4 is 11.6 Å². The second-order valence-electron chi connectivity index (χ2n) is 3.11. The van der Waals surface area contributed by atoms with E-state index in [-0.39, 0.29) is 0 Å². The standard InChI is InChI=1S/C10H19Cl/c1-4-6-10(11)8-7-9(3)5-2/h6,9H,4-5,7-8H2,1-3H3/b10-6+. The van der Waals surface area contributed by atoms with Gasteiger partial charge in [-0.3, -0.25) is 0 Å². The van der Waals surface area contributed by atoms with Crippen molar-refractivity contribution in [2.45, 2.75) is 46.5 Å². The van der Waals surface area contributed by atoms with E-state index in [1.54, 1.807) is 0 Å². The molecule has 1 heteroatoms. The van der Waals surface area contributed by atoms with Gasteiger partial charge in [-0.1, -0.05) is 44.9 Å². The SMILES string of the molecule is CC/C=C(/Cl)CCC(C)CC. The molecule has 66 valence electrons. The molecule has 0 rings (SSSR count). The molecule has 0 nitrogen and oxygen atoms in total. The summed E-state index contributed by atoms with van der Waals surface area (Å²) in [6.07, 6.45) is 6.70. The van der Waals surface area contributed by atoms with Gasteiger partial charge in [-0.2, -0.15) is 0 Å². The van der Waals surface area contributed by atoms with E-state index < -0.39 is 0 Å². The van der Waals surface area contributed by atoms with Crippen molar-refractivity contribution < 1.29 is 0 Å². The molecule has 0 saturated carbocycles. The fourth-order valence-electron chi connectivity index (χ4n) is 0.912. The van der Waals surface area contributed by atoms with Crippen LogP contribution in [0.2, 0.25) is 0 Å². The lowest BCUT2D eigenvalue weighted by Crippen LogP contribution is -1.91. The summed E-state index contributed by atoms with van der Waals surface area (Å²) in [4.78, 5) is 0. The zero-order valence-electron chi connectivity index (χ0n) is 7.86. The van der Waals surface area contributed by atoms with Crippen LogP contribution in [0.15, 0.2) is 11.1 Å². The Labute approximate surface area is 75.6 Å². The Hall–Kier alpha value is 0.0300. The zero-order chi connectivity index (χ0) is 8.69. The Morgan fingerprint density at radius 3 is 2.55 bits per heavy atom. The van der Waals surface area contributed by atoms with Crippen molar-refractivity contribution in [3.63, 3.8) is 0 Å². The molecule has 0 heterocycles. The van der Waals surface area contributed by atoms with E-state index in [1.807, 2.05) is 0 Å². The summed E-state index contributed by atoms with van der Waals surface area (Å²) < 4.78 is 0. The summed E-state index contributed by atoms with van der Waals surface area (Å²) in [6.45, 7) is 6.61. The third-order valence-electron chi connectivity index (χ3n) is 2.00. The lowest BCUT2D eigenvalue weighted by atomic mass is 10.0. The van der Waals surface area contributed by atoms with Gasteiger partial charge in [0.2, 0.25) is 0 Å². The molecular weight excluding hydrogens is 156 g/mol. The van der Waals surface area contributed by atoms with Crippen molar-refractivity contribution in [3.05, 3.63) is 11.1 Å². The minimum absolute atomic E-state index is 0.814. The molecule has 0 bridgehead atoms. The molecule has 0 aromatic carbocycles. The Bertz CT molecular complexity index is 116. The lowest BCUT2D eigenvalue weighted by Gasteiger charge is -2.06. The van der Waals surface area contributed by atoms with Crippen LogP contribution < -0.4 is 0 Å². The summed E-state index contributed by atoms with van der Waals surface area (Å²) in [7, 11) is 0. The van der Waals surface area contributed by atoms with E-state index >= 15 is 0 Å². The van der Waals surface area contributed by atoms with Crippen LogP contribution in [0.1, 0.15) is 46.5 Å². The molecule has 1 atom stereocenters. The summed E-state index contributed by atoms with van der Waals surface area (Å²) in [5.74, 6) is 0.814. The average molecular weight is 175 g/mol. The molecular formula is C10H19Cl. The van der Waals surface area contributed by atoms with Crippen LogP contribution in [0.25, 0.3) is 0 Å². The van der Waals surface area contributed by atoms with Crippen molar-refractivity contribution in [3.8, 4) is 0 Å². The normalized spacial score (nSPS) is 15.1. The molecule has 0 amide bonds. The summed E-state index contributed by atoms with van der Waals surface area (Å²) in [6, 6.07) is 0. The van der Waals surface area contributed by atoms with Crippen molar-refractivity contribution in [1.29, 1.82) is 0 Å². The highest BCUT2D eigenvalue weighted by Gasteiger charge is 1.99.